The van der Waals surface area contributed by atoms with Gasteiger partial charge in [-0.05, 0) is 24.3 Å². The van der Waals surface area contributed by atoms with E-state index in [9.17, 15) is 14.4 Å². The van der Waals surface area contributed by atoms with Gasteiger partial charge in [-0.2, -0.15) is 0 Å². The summed E-state index contributed by atoms with van der Waals surface area (Å²) in [6.45, 7) is 7.19. The number of ether oxygens (including phenoxy) is 2. The van der Waals surface area contributed by atoms with Gasteiger partial charge in [0, 0.05) is 24.8 Å². The first-order chi connectivity index (χ1) is 12.5. The van der Waals surface area contributed by atoms with Crippen molar-refractivity contribution in [3.63, 3.8) is 0 Å². The molecule has 0 spiro atoms. The van der Waals surface area contributed by atoms with Crippen molar-refractivity contribution in [2.45, 2.75) is 26.9 Å². The molecule has 8 heteroatoms. The van der Waals surface area contributed by atoms with E-state index in [-0.39, 0.29) is 31.1 Å². The zero-order chi connectivity index (χ0) is 19.1. The number of hydrogen-bond acceptors (Lipinski definition) is 5. The van der Waals surface area contributed by atoms with Gasteiger partial charge < -0.3 is 19.7 Å². The summed E-state index contributed by atoms with van der Waals surface area (Å²) in [5.41, 5.74) is 1.46. The summed E-state index contributed by atoms with van der Waals surface area (Å²) in [5.74, 6) is -0.242. The molecule has 2 heterocycles. The number of carbonyl (C=O) groups is 3. The number of nitrogens with zero attached hydrogens (tertiary/aromatic N) is 2. The first-order valence-corrected chi connectivity index (χ1v) is 8.75. The van der Waals surface area contributed by atoms with Gasteiger partial charge in [0.2, 0.25) is 5.91 Å². The Morgan fingerprint density at radius 3 is 2.35 bits per heavy atom. The van der Waals surface area contributed by atoms with Crippen LogP contribution in [0.5, 0.6) is 0 Å². The molecular weight excluding hydrogens is 338 g/mol. The standard InChI is InChI=1S/C16H19N3O5.C2H6/c1-11(20)17-8-14-9-19(16(22)24-14)13-4-2-12(3-5-13)18-6-7-23-10-15(18)21;1-2/h2-5,14H,6-10H2,1H3,(H,17,20);1-2H3. The van der Waals surface area contributed by atoms with Crippen LogP contribution in [0.2, 0.25) is 0 Å². The molecular formula is C18H25N3O5. The van der Waals surface area contributed by atoms with Crippen LogP contribution in [0.1, 0.15) is 20.8 Å². The van der Waals surface area contributed by atoms with Crippen molar-refractivity contribution >= 4 is 29.3 Å². The van der Waals surface area contributed by atoms with Crippen molar-refractivity contribution in [1.82, 2.24) is 5.32 Å². The number of hydrogen-bond donors (Lipinski definition) is 1. The number of amides is 3. The van der Waals surface area contributed by atoms with Gasteiger partial charge in [-0.15, -0.1) is 0 Å². The fraction of sp³-hybridized carbons (Fsp3) is 0.500. The average Bonchev–Trinajstić information content (AvgIpc) is 3.03. The Kier molecular flexibility index (Phi) is 6.97. The van der Waals surface area contributed by atoms with Crippen LogP contribution in [0.4, 0.5) is 16.2 Å². The molecule has 2 saturated heterocycles. The number of morpholine rings is 1. The van der Waals surface area contributed by atoms with Gasteiger partial charge in [-0.3, -0.25) is 14.5 Å². The van der Waals surface area contributed by atoms with Gasteiger partial charge >= 0.3 is 6.09 Å². The second-order valence-electron chi connectivity index (χ2n) is 5.67. The number of nitrogens with one attached hydrogen (secondary N) is 1. The molecule has 2 aliphatic rings. The van der Waals surface area contributed by atoms with E-state index >= 15 is 0 Å². The molecule has 26 heavy (non-hydrogen) atoms. The molecule has 1 atom stereocenters. The minimum Gasteiger partial charge on any atom is -0.442 e. The summed E-state index contributed by atoms with van der Waals surface area (Å²) in [6, 6.07) is 7.15. The molecule has 1 aromatic rings. The highest BCUT2D eigenvalue weighted by molar-refractivity contribution is 5.95. The van der Waals surface area contributed by atoms with Crippen LogP contribution in [-0.4, -0.2) is 56.9 Å². The van der Waals surface area contributed by atoms with Crippen molar-refractivity contribution in [2.75, 3.05) is 42.6 Å². The van der Waals surface area contributed by atoms with E-state index in [1.807, 2.05) is 13.8 Å². The van der Waals surface area contributed by atoms with Crippen LogP contribution in [0.3, 0.4) is 0 Å². The summed E-state index contributed by atoms with van der Waals surface area (Å²) in [6.07, 6.45) is -0.817. The van der Waals surface area contributed by atoms with Crippen molar-refractivity contribution in [2.24, 2.45) is 0 Å². The Labute approximate surface area is 153 Å². The van der Waals surface area contributed by atoms with E-state index in [0.29, 0.717) is 25.4 Å². The molecule has 0 bridgehead atoms. The minimum absolute atomic E-state index is 0.0787. The highest BCUT2D eigenvalue weighted by atomic mass is 16.6. The predicted octanol–water partition coefficient (Wildman–Crippen LogP) is 1.54. The zero-order valence-corrected chi connectivity index (χ0v) is 15.4. The van der Waals surface area contributed by atoms with Gasteiger partial charge in [0.15, 0.2) is 0 Å². The molecule has 2 fully saturated rings. The smallest absolute Gasteiger partial charge is 0.414 e. The second-order valence-corrected chi connectivity index (χ2v) is 5.67. The van der Waals surface area contributed by atoms with Crippen LogP contribution in [0.25, 0.3) is 0 Å². The normalized spacial score (nSPS) is 19.6. The van der Waals surface area contributed by atoms with Crippen LogP contribution >= 0.6 is 0 Å². The lowest BCUT2D eigenvalue weighted by atomic mass is 10.2. The lowest BCUT2D eigenvalue weighted by Gasteiger charge is -2.27. The van der Waals surface area contributed by atoms with E-state index in [0.717, 1.165) is 5.69 Å². The number of rotatable bonds is 4. The summed E-state index contributed by atoms with van der Waals surface area (Å²) >= 11 is 0. The summed E-state index contributed by atoms with van der Waals surface area (Å²) in [4.78, 5) is 37.9. The van der Waals surface area contributed by atoms with Gasteiger partial charge in [0.05, 0.1) is 19.7 Å². The van der Waals surface area contributed by atoms with E-state index < -0.39 is 6.09 Å². The Bertz CT molecular complexity index is 647. The van der Waals surface area contributed by atoms with Gasteiger partial charge in [-0.25, -0.2) is 4.79 Å². The third-order valence-electron chi connectivity index (χ3n) is 3.91. The maximum Gasteiger partial charge on any atom is 0.414 e. The van der Waals surface area contributed by atoms with Gasteiger partial charge in [-0.1, -0.05) is 13.8 Å². The molecule has 0 saturated carbocycles. The minimum atomic E-state index is -0.444. The largest absolute Gasteiger partial charge is 0.442 e. The average molecular weight is 363 g/mol. The number of cyclic esters (lactones) is 1. The number of carbonyl (C=O) groups excluding carboxylic acids is 3. The molecule has 2 aliphatic heterocycles. The Hall–Kier alpha value is -2.61. The van der Waals surface area contributed by atoms with E-state index in [2.05, 4.69) is 5.32 Å². The number of anilines is 2. The third kappa shape index (κ3) is 4.72. The van der Waals surface area contributed by atoms with Crippen molar-refractivity contribution in [3.05, 3.63) is 24.3 Å². The molecule has 1 aromatic carbocycles. The van der Waals surface area contributed by atoms with Crippen LogP contribution in [0, 0.1) is 0 Å². The monoisotopic (exact) mass is 363 g/mol. The Balaban J connectivity index is 0.00000117. The van der Waals surface area contributed by atoms with Gasteiger partial charge in [0.25, 0.3) is 5.91 Å². The molecule has 3 amide bonds. The fourth-order valence-corrected chi connectivity index (χ4v) is 2.70. The Morgan fingerprint density at radius 2 is 1.77 bits per heavy atom. The molecule has 1 N–H and O–H groups in total. The molecule has 8 nitrogen and oxygen atoms in total. The maximum atomic E-state index is 12.0. The fourth-order valence-electron chi connectivity index (χ4n) is 2.70. The SMILES string of the molecule is CC.CC(=O)NCC1CN(c2ccc(N3CCOCC3=O)cc2)C(=O)O1. The molecule has 0 radical (unpaired) electrons. The second kappa shape index (κ2) is 9.19. The summed E-state index contributed by atoms with van der Waals surface area (Å²) in [5, 5.41) is 2.64. The molecule has 0 aliphatic carbocycles. The quantitative estimate of drug-likeness (QED) is 0.877. The van der Waals surface area contributed by atoms with Crippen LogP contribution in [0.15, 0.2) is 24.3 Å². The van der Waals surface area contributed by atoms with Crippen molar-refractivity contribution < 1.29 is 23.9 Å². The van der Waals surface area contributed by atoms with Crippen molar-refractivity contribution in [3.8, 4) is 0 Å². The third-order valence-corrected chi connectivity index (χ3v) is 3.91. The molecule has 142 valence electrons. The first-order valence-electron chi connectivity index (χ1n) is 8.75. The first kappa shape index (κ1) is 19.7. The zero-order valence-electron chi connectivity index (χ0n) is 15.4. The summed E-state index contributed by atoms with van der Waals surface area (Å²) in [7, 11) is 0. The molecule has 3 rings (SSSR count). The Morgan fingerprint density at radius 1 is 1.15 bits per heavy atom. The van der Waals surface area contributed by atoms with Crippen LogP contribution in [-0.2, 0) is 19.1 Å². The lowest BCUT2D eigenvalue weighted by molar-refractivity contribution is -0.125. The summed E-state index contributed by atoms with van der Waals surface area (Å²) < 4.78 is 10.3. The highest BCUT2D eigenvalue weighted by Crippen LogP contribution is 2.25. The molecule has 0 aromatic heterocycles. The van der Waals surface area contributed by atoms with E-state index in [1.165, 1.54) is 11.8 Å². The predicted molar refractivity (Wildman–Crippen MR) is 97.3 cm³/mol. The van der Waals surface area contributed by atoms with Gasteiger partial charge in [0.1, 0.15) is 12.7 Å². The maximum absolute atomic E-state index is 12.0. The highest BCUT2D eigenvalue weighted by Gasteiger charge is 2.32. The lowest BCUT2D eigenvalue weighted by Crippen LogP contribution is -2.41. The van der Waals surface area contributed by atoms with E-state index in [4.69, 9.17) is 9.47 Å². The number of benzene rings is 1. The molecule has 1 unspecified atom stereocenters. The van der Waals surface area contributed by atoms with Crippen molar-refractivity contribution in [1.29, 1.82) is 0 Å². The van der Waals surface area contributed by atoms with E-state index in [1.54, 1.807) is 29.2 Å². The topological polar surface area (TPSA) is 88.2 Å². The van der Waals surface area contributed by atoms with Crippen LogP contribution < -0.4 is 15.1 Å².